The summed E-state index contributed by atoms with van der Waals surface area (Å²) in [5, 5.41) is 27.7. The lowest BCUT2D eigenvalue weighted by Crippen LogP contribution is -2.60. The lowest BCUT2D eigenvalue weighted by atomic mass is 10.0. The topological polar surface area (TPSA) is 156 Å². The molecule has 3 N–H and O–H groups in total. The van der Waals surface area contributed by atoms with Gasteiger partial charge in [0.2, 0.25) is 5.91 Å². The van der Waals surface area contributed by atoms with Crippen molar-refractivity contribution in [1.82, 2.24) is 14.9 Å². The first kappa shape index (κ1) is 27.1. The second-order valence-corrected chi connectivity index (χ2v) is 11.4. The largest absolute Gasteiger partial charge is 0.618 e. The number of amides is 2. The summed E-state index contributed by atoms with van der Waals surface area (Å²) in [6.45, 7) is 3.74. The van der Waals surface area contributed by atoms with Crippen molar-refractivity contribution in [2.45, 2.75) is 62.9 Å². The summed E-state index contributed by atoms with van der Waals surface area (Å²) < 4.78 is 33.5. The minimum Gasteiger partial charge on any atom is -0.618 e. The van der Waals surface area contributed by atoms with E-state index in [0.717, 1.165) is 10.5 Å². The van der Waals surface area contributed by atoms with Crippen molar-refractivity contribution in [2.24, 2.45) is 5.92 Å². The Bertz CT molecular complexity index is 1150. The lowest BCUT2D eigenvalue weighted by Gasteiger charge is -2.33. The molecule has 2 aromatic rings. The number of carbonyl (C=O) groups excluding carboxylic acids is 2. The molecule has 35 heavy (non-hydrogen) atoms. The van der Waals surface area contributed by atoms with Crippen molar-refractivity contribution < 1.29 is 32.3 Å². The number of hydrogen-bond donors (Lipinski definition) is 3. The van der Waals surface area contributed by atoms with Crippen molar-refractivity contribution in [1.29, 1.82) is 0 Å². The third kappa shape index (κ3) is 6.60. The molecule has 13 heteroatoms. The second-order valence-electron chi connectivity index (χ2n) is 8.76. The standard InChI is InChI=1S/C22H29BrN4O7S/c1-14(2)13-15(24-22(30)17-9-10-18(23)34-17)21(29)25-20-16(28)7-3-6-12-27(20)35(32,33)19-8-4-5-11-26(19)31/h4-5,8-11,14-16,20,28H,3,6-7,12-13H2,1-2H3,(H,24,30)(H,25,29)/t15?,16-,20?/m0/s1. The molecule has 11 nitrogen and oxygen atoms in total. The molecule has 2 amide bonds. The Kier molecular flexibility index (Phi) is 8.91. The first-order valence-electron chi connectivity index (χ1n) is 11.3. The Morgan fingerprint density at radius 1 is 1.29 bits per heavy atom. The maximum atomic E-state index is 13.4. The maximum Gasteiger partial charge on any atom is 0.323 e. The summed E-state index contributed by atoms with van der Waals surface area (Å²) in [6.07, 6.45) is 0.0182. The molecule has 0 saturated carbocycles. The predicted molar refractivity (Wildman–Crippen MR) is 128 cm³/mol. The van der Waals surface area contributed by atoms with E-state index >= 15 is 0 Å². The zero-order valence-corrected chi connectivity index (χ0v) is 21.8. The highest BCUT2D eigenvalue weighted by Crippen LogP contribution is 2.23. The van der Waals surface area contributed by atoms with Crippen molar-refractivity contribution in [3.05, 3.63) is 52.2 Å². The van der Waals surface area contributed by atoms with Crippen LogP contribution in [0.15, 0.2) is 50.6 Å². The van der Waals surface area contributed by atoms with Crippen LogP contribution in [0.4, 0.5) is 0 Å². The number of carbonyl (C=O) groups is 2. The minimum atomic E-state index is -4.35. The summed E-state index contributed by atoms with van der Waals surface area (Å²) in [4.78, 5) is 25.9. The number of halogens is 1. The summed E-state index contributed by atoms with van der Waals surface area (Å²) in [7, 11) is -4.35. The molecule has 0 spiro atoms. The average Bonchev–Trinajstić information content (AvgIpc) is 3.14. The van der Waals surface area contributed by atoms with Gasteiger partial charge in [-0.2, -0.15) is 9.04 Å². The number of pyridine rings is 1. The molecule has 1 fully saturated rings. The molecule has 2 aromatic heterocycles. The number of aliphatic hydroxyl groups excluding tert-OH is 1. The fraction of sp³-hybridized carbons (Fsp3) is 0.500. The van der Waals surface area contributed by atoms with Gasteiger partial charge in [0.15, 0.2) is 16.6 Å². The van der Waals surface area contributed by atoms with E-state index in [1.165, 1.54) is 24.3 Å². The van der Waals surface area contributed by atoms with Crippen molar-refractivity contribution >= 4 is 37.8 Å². The number of rotatable bonds is 8. The van der Waals surface area contributed by atoms with Crippen LogP contribution in [0.3, 0.4) is 0 Å². The Morgan fingerprint density at radius 2 is 2.03 bits per heavy atom. The molecular weight excluding hydrogens is 544 g/mol. The average molecular weight is 573 g/mol. The van der Waals surface area contributed by atoms with Gasteiger partial charge in [0, 0.05) is 18.7 Å². The summed E-state index contributed by atoms with van der Waals surface area (Å²) >= 11 is 3.12. The van der Waals surface area contributed by atoms with Crippen LogP contribution in [0, 0.1) is 11.1 Å². The predicted octanol–water partition coefficient (Wildman–Crippen LogP) is 1.50. The van der Waals surface area contributed by atoms with E-state index in [4.69, 9.17) is 4.42 Å². The highest BCUT2D eigenvalue weighted by Gasteiger charge is 2.42. The number of aromatic nitrogens is 1. The van der Waals surface area contributed by atoms with Crippen molar-refractivity contribution in [3.8, 4) is 0 Å². The monoisotopic (exact) mass is 572 g/mol. The van der Waals surface area contributed by atoms with Gasteiger partial charge in [0.1, 0.15) is 12.2 Å². The summed E-state index contributed by atoms with van der Waals surface area (Å²) in [5.74, 6) is -1.26. The molecule has 0 bridgehead atoms. The summed E-state index contributed by atoms with van der Waals surface area (Å²) in [6, 6.07) is 5.96. The van der Waals surface area contributed by atoms with Crippen LogP contribution in [0.1, 0.15) is 50.1 Å². The van der Waals surface area contributed by atoms with Crippen LogP contribution in [0.25, 0.3) is 0 Å². The Labute approximate surface area is 212 Å². The van der Waals surface area contributed by atoms with Crippen LogP contribution >= 0.6 is 15.9 Å². The molecule has 2 unspecified atom stereocenters. The van der Waals surface area contributed by atoms with Gasteiger partial charge < -0.3 is 25.4 Å². The first-order chi connectivity index (χ1) is 16.5. The molecule has 0 aromatic carbocycles. The number of furan rings is 1. The quantitative estimate of drug-likeness (QED) is 0.319. The van der Waals surface area contributed by atoms with E-state index in [1.807, 2.05) is 13.8 Å². The number of sulfonamides is 1. The van der Waals surface area contributed by atoms with E-state index in [1.54, 1.807) is 6.07 Å². The molecule has 3 rings (SSSR count). The van der Waals surface area contributed by atoms with Gasteiger partial charge in [0.05, 0.1) is 6.10 Å². The van der Waals surface area contributed by atoms with Crippen LogP contribution in [0.5, 0.6) is 0 Å². The van der Waals surface area contributed by atoms with Gasteiger partial charge in [-0.1, -0.05) is 13.8 Å². The van der Waals surface area contributed by atoms with E-state index in [-0.39, 0.29) is 35.8 Å². The van der Waals surface area contributed by atoms with Crippen LogP contribution in [-0.2, 0) is 14.8 Å². The van der Waals surface area contributed by atoms with Gasteiger partial charge in [-0.25, -0.2) is 8.42 Å². The van der Waals surface area contributed by atoms with Crippen LogP contribution < -0.4 is 15.4 Å². The Hall–Kier alpha value is -2.48. The molecule has 0 radical (unpaired) electrons. The van der Waals surface area contributed by atoms with Gasteiger partial charge in [-0.3, -0.25) is 9.59 Å². The molecule has 3 heterocycles. The fourth-order valence-electron chi connectivity index (χ4n) is 3.90. The van der Waals surface area contributed by atoms with E-state index in [2.05, 4.69) is 26.6 Å². The van der Waals surface area contributed by atoms with E-state index in [0.29, 0.717) is 17.5 Å². The van der Waals surface area contributed by atoms with Crippen molar-refractivity contribution in [2.75, 3.05) is 6.54 Å². The zero-order valence-electron chi connectivity index (χ0n) is 19.4. The highest BCUT2D eigenvalue weighted by molar-refractivity contribution is 9.10. The third-order valence-corrected chi connectivity index (χ3v) is 7.88. The molecule has 1 aliphatic rings. The smallest absolute Gasteiger partial charge is 0.323 e. The number of aliphatic hydroxyl groups is 1. The molecule has 1 saturated heterocycles. The van der Waals surface area contributed by atoms with Gasteiger partial charge in [-0.15, -0.1) is 0 Å². The molecule has 3 atom stereocenters. The van der Waals surface area contributed by atoms with Crippen LogP contribution in [-0.4, -0.2) is 54.5 Å². The van der Waals surface area contributed by atoms with Crippen molar-refractivity contribution in [3.63, 3.8) is 0 Å². The maximum absolute atomic E-state index is 13.4. The Balaban J connectivity index is 1.87. The van der Waals surface area contributed by atoms with E-state index < -0.39 is 45.2 Å². The number of hydrogen-bond acceptors (Lipinski definition) is 7. The van der Waals surface area contributed by atoms with Gasteiger partial charge in [-0.05, 0) is 65.7 Å². The molecule has 0 aliphatic carbocycles. The number of nitrogens with zero attached hydrogens (tertiary/aromatic N) is 2. The van der Waals surface area contributed by atoms with Gasteiger partial charge in [0.25, 0.3) is 5.91 Å². The first-order valence-corrected chi connectivity index (χ1v) is 13.5. The Morgan fingerprint density at radius 3 is 2.66 bits per heavy atom. The SMILES string of the molecule is CC(C)CC(NC(=O)c1ccc(Br)o1)C(=O)NC1[C@@H](O)CCCCN1S(=O)(=O)c1cccc[n+]1[O-]. The number of nitrogens with one attached hydrogen (secondary N) is 2. The van der Waals surface area contributed by atoms with Crippen LogP contribution in [0.2, 0.25) is 0 Å². The molecule has 192 valence electrons. The summed E-state index contributed by atoms with van der Waals surface area (Å²) in [5.41, 5.74) is 0. The highest BCUT2D eigenvalue weighted by atomic mass is 79.9. The third-order valence-electron chi connectivity index (χ3n) is 5.58. The fourth-order valence-corrected chi connectivity index (χ4v) is 5.84. The lowest BCUT2D eigenvalue weighted by molar-refractivity contribution is -0.646. The minimum absolute atomic E-state index is 0.000856. The van der Waals surface area contributed by atoms with Gasteiger partial charge >= 0.3 is 15.0 Å². The molecular formula is C22H29BrN4O7S. The second kappa shape index (κ2) is 11.5. The molecule has 1 aliphatic heterocycles. The van der Waals surface area contributed by atoms with E-state index in [9.17, 15) is 28.3 Å². The zero-order chi connectivity index (χ0) is 25.8. The normalized spacial score (nSPS) is 20.3.